The maximum atomic E-state index is 10.7. The van der Waals surface area contributed by atoms with Crippen LogP contribution in [0.15, 0.2) is 18.3 Å². The second-order valence-electron chi connectivity index (χ2n) is 4.32. The van der Waals surface area contributed by atoms with Crippen LogP contribution in [0.1, 0.15) is 55.1 Å². The van der Waals surface area contributed by atoms with Gasteiger partial charge in [-0.1, -0.05) is 32.6 Å². The average molecular weight is 251 g/mol. The summed E-state index contributed by atoms with van der Waals surface area (Å²) < 4.78 is 5.51. The molecule has 0 spiro atoms. The van der Waals surface area contributed by atoms with Gasteiger partial charge in [-0.2, -0.15) is 0 Å². The normalized spacial score (nSPS) is 10.5. The third-order valence-electron chi connectivity index (χ3n) is 2.70. The van der Waals surface area contributed by atoms with Gasteiger partial charge >= 0.3 is 5.97 Å². The van der Waals surface area contributed by atoms with E-state index < -0.39 is 5.97 Å². The molecule has 0 atom stereocenters. The summed E-state index contributed by atoms with van der Waals surface area (Å²) in [6.45, 7) is 3.38. The van der Waals surface area contributed by atoms with E-state index >= 15 is 0 Å². The number of unbranched alkanes of at least 4 members (excludes halogenated alkanes) is 4. The molecule has 1 rings (SSSR count). The second-order valence-corrected chi connectivity index (χ2v) is 4.32. The monoisotopic (exact) mass is 251 g/mol. The predicted octanol–water partition coefficient (Wildman–Crippen LogP) is 3.27. The van der Waals surface area contributed by atoms with Crippen molar-refractivity contribution >= 4 is 5.97 Å². The van der Waals surface area contributed by atoms with Crippen LogP contribution in [0.25, 0.3) is 0 Å². The summed E-state index contributed by atoms with van der Waals surface area (Å²) in [5.74, 6) is -1.00. The second kappa shape index (κ2) is 8.64. The summed E-state index contributed by atoms with van der Waals surface area (Å²) in [6.07, 6.45) is 7.56. The topological polar surface area (TPSA) is 59.4 Å². The first-order valence-corrected chi connectivity index (χ1v) is 6.50. The number of ether oxygens (including phenoxy) is 1. The van der Waals surface area contributed by atoms with Gasteiger partial charge in [0.1, 0.15) is 5.69 Å². The lowest BCUT2D eigenvalue weighted by Gasteiger charge is -2.05. The molecule has 0 fully saturated rings. The minimum atomic E-state index is -1.00. The molecular weight excluding hydrogens is 230 g/mol. The van der Waals surface area contributed by atoms with E-state index in [9.17, 15) is 4.79 Å². The van der Waals surface area contributed by atoms with Crippen molar-refractivity contribution in [3.05, 3.63) is 29.6 Å². The summed E-state index contributed by atoms with van der Waals surface area (Å²) in [6, 6.07) is 3.34. The lowest BCUT2D eigenvalue weighted by molar-refractivity contribution is 0.0689. The molecule has 18 heavy (non-hydrogen) atoms. The van der Waals surface area contributed by atoms with E-state index in [0.29, 0.717) is 6.61 Å². The molecule has 0 aliphatic heterocycles. The molecular formula is C14H21NO3. The fraction of sp³-hybridized carbons (Fsp3) is 0.571. The third-order valence-corrected chi connectivity index (χ3v) is 2.70. The zero-order chi connectivity index (χ0) is 13.2. The van der Waals surface area contributed by atoms with Crippen molar-refractivity contribution in [3.8, 4) is 0 Å². The molecule has 1 aromatic rings. The minimum absolute atomic E-state index is 0.0686. The number of carboxylic acids is 1. The standard InChI is InChI=1S/C14H21NO3/c1-2-3-4-5-6-9-18-11-12-7-8-15-13(10-12)14(16)17/h7-8,10H,2-6,9,11H2,1H3,(H,16,17). The molecule has 0 bridgehead atoms. The van der Waals surface area contributed by atoms with Crippen LogP contribution in [0.3, 0.4) is 0 Å². The lowest BCUT2D eigenvalue weighted by Crippen LogP contribution is -2.02. The van der Waals surface area contributed by atoms with Crippen LogP contribution < -0.4 is 0 Å². The zero-order valence-corrected chi connectivity index (χ0v) is 10.9. The number of aromatic carboxylic acids is 1. The maximum absolute atomic E-state index is 10.7. The number of carboxylic acid groups (broad SMARTS) is 1. The van der Waals surface area contributed by atoms with E-state index in [1.54, 1.807) is 12.1 Å². The summed E-state index contributed by atoms with van der Waals surface area (Å²) in [7, 11) is 0. The highest BCUT2D eigenvalue weighted by Crippen LogP contribution is 2.06. The van der Waals surface area contributed by atoms with E-state index in [1.165, 1.54) is 31.9 Å². The zero-order valence-electron chi connectivity index (χ0n) is 10.9. The molecule has 1 N–H and O–H groups in total. The van der Waals surface area contributed by atoms with E-state index in [1.807, 2.05) is 0 Å². The maximum Gasteiger partial charge on any atom is 0.354 e. The number of hydrogen-bond donors (Lipinski definition) is 1. The molecule has 0 aromatic carbocycles. The van der Waals surface area contributed by atoms with Crippen LogP contribution in [-0.4, -0.2) is 22.7 Å². The van der Waals surface area contributed by atoms with Gasteiger partial charge in [-0.3, -0.25) is 0 Å². The Hall–Kier alpha value is -1.42. The van der Waals surface area contributed by atoms with Gasteiger partial charge in [0.2, 0.25) is 0 Å². The Bertz CT molecular complexity index is 366. The van der Waals surface area contributed by atoms with Crippen molar-refractivity contribution in [2.24, 2.45) is 0 Å². The highest BCUT2D eigenvalue weighted by Gasteiger charge is 2.04. The summed E-state index contributed by atoms with van der Waals surface area (Å²) in [5, 5.41) is 8.80. The number of carbonyl (C=O) groups is 1. The van der Waals surface area contributed by atoms with Gasteiger partial charge in [0, 0.05) is 12.8 Å². The van der Waals surface area contributed by atoms with Gasteiger partial charge in [-0.25, -0.2) is 9.78 Å². The predicted molar refractivity (Wildman–Crippen MR) is 69.6 cm³/mol. The Morgan fingerprint density at radius 1 is 1.33 bits per heavy atom. The highest BCUT2D eigenvalue weighted by molar-refractivity contribution is 5.85. The molecule has 0 saturated heterocycles. The van der Waals surface area contributed by atoms with Crippen molar-refractivity contribution in [2.75, 3.05) is 6.61 Å². The van der Waals surface area contributed by atoms with Crippen molar-refractivity contribution in [2.45, 2.75) is 45.6 Å². The van der Waals surface area contributed by atoms with Gasteiger partial charge in [-0.15, -0.1) is 0 Å². The van der Waals surface area contributed by atoms with Crippen LogP contribution in [-0.2, 0) is 11.3 Å². The van der Waals surface area contributed by atoms with E-state index in [2.05, 4.69) is 11.9 Å². The van der Waals surface area contributed by atoms with Crippen molar-refractivity contribution in [3.63, 3.8) is 0 Å². The molecule has 100 valence electrons. The fourth-order valence-corrected chi connectivity index (χ4v) is 1.68. The largest absolute Gasteiger partial charge is 0.477 e. The van der Waals surface area contributed by atoms with E-state index in [4.69, 9.17) is 9.84 Å². The summed E-state index contributed by atoms with van der Waals surface area (Å²) in [4.78, 5) is 14.5. The Labute approximate surface area is 108 Å². The van der Waals surface area contributed by atoms with Gasteiger partial charge in [0.15, 0.2) is 0 Å². The third kappa shape index (κ3) is 5.77. The first-order valence-electron chi connectivity index (χ1n) is 6.50. The van der Waals surface area contributed by atoms with E-state index in [-0.39, 0.29) is 5.69 Å². The van der Waals surface area contributed by atoms with Crippen molar-refractivity contribution < 1.29 is 14.6 Å². The van der Waals surface area contributed by atoms with Gasteiger partial charge in [0.05, 0.1) is 6.61 Å². The fourth-order valence-electron chi connectivity index (χ4n) is 1.68. The Kier molecular flexibility index (Phi) is 7.03. The van der Waals surface area contributed by atoms with E-state index in [0.717, 1.165) is 18.6 Å². The number of aromatic nitrogens is 1. The van der Waals surface area contributed by atoms with Crippen LogP contribution >= 0.6 is 0 Å². The Morgan fingerprint density at radius 2 is 2.11 bits per heavy atom. The van der Waals surface area contributed by atoms with Gasteiger partial charge in [0.25, 0.3) is 0 Å². The highest BCUT2D eigenvalue weighted by atomic mass is 16.5. The SMILES string of the molecule is CCCCCCCOCc1ccnc(C(=O)O)c1. The smallest absolute Gasteiger partial charge is 0.354 e. The quantitative estimate of drug-likeness (QED) is 0.684. The molecule has 0 radical (unpaired) electrons. The van der Waals surface area contributed by atoms with Crippen molar-refractivity contribution in [1.82, 2.24) is 4.98 Å². The number of pyridine rings is 1. The summed E-state index contributed by atoms with van der Waals surface area (Å²) in [5.41, 5.74) is 0.926. The lowest BCUT2D eigenvalue weighted by atomic mass is 10.2. The first kappa shape index (κ1) is 14.6. The van der Waals surface area contributed by atoms with Crippen LogP contribution in [0.5, 0.6) is 0 Å². The van der Waals surface area contributed by atoms with Crippen LogP contribution in [0.2, 0.25) is 0 Å². The summed E-state index contributed by atoms with van der Waals surface area (Å²) >= 11 is 0. The minimum Gasteiger partial charge on any atom is -0.477 e. The molecule has 0 amide bonds. The van der Waals surface area contributed by atoms with Crippen LogP contribution in [0.4, 0.5) is 0 Å². The molecule has 0 aliphatic rings. The first-order chi connectivity index (χ1) is 8.74. The van der Waals surface area contributed by atoms with Crippen molar-refractivity contribution in [1.29, 1.82) is 0 Å². The molecule has 0 unspecified atom stereocenters. The number of nitrogens with zero attached hydrogens (tertiary/aromatic N) is 1. The molecule has 4 nitrogen and oxygen atoms in total. The number of hydrogen-bond acceptors (Lipinski definition) is 3. The van der Waals surface area contributed by atoms with Gasteiger partial charge in [-0.05, 0) is 24.1 Å². The molecule has 4 heteroatoms. The van der Waals surface area contributed by atoms with Crippen LogP contribution in [0, 0.1) is 0 Å². The molecule has 0 saturated carbocycles. The molecule has 1 aromatic heterocycles. The number of rotatable bonds is 9. The molecule has 0 aliphatic carbocycles. The molecule has 1 heterocycles. The van der Waals surface area contributed by atoms with Gasteiger partial charge < -0.3 is 9.84 Å². The Balaban J connectivity index is 2.19. The average Bonchev–Trinajstić information content (AvgIpc) is 2.38. The Morgan fingerprint density at radius 3 is 2.83 bits per heavy atom.